The molecule has 2 heterocycles. The van der Waals surface area contributed by atoms with Gasteiger partial charge in [-0.2, -0.15) is 5.26 Å². The van der Waals surface area contributed by atoms with Crippen LogP contribution in [-0.4, -0.2) is 49.4 Å². The number of anilines is 1. The van der Waals surface area contributed by atoms with Crippen LogP contribution in [0.4, 0.5) is 5.69 Å². The lowest BCUT2D eigenvalue weighted by atomic mass is 9.99. The Morgan fingerprint density at radius 3 is 2.62 bits per heavy atom. The molecule has 1 atom stereocenters. The standard InChI is InChI=1S/C19H22N4O2.ClH/c1-11-14(8-20)16-18(25-19(21-16)12-4-5-12)17(15(11)10-24)23-7-6-13(9-23)22(2)3;/h10,12-13H,4-7,9H2,1-3H3;1H/t13-;/m0./s1. The molecule has 1 aromatic heterocycles. The van der Waals surface area contributed by atoms with E-state index in [0.29, 0.717) is 45.6 Å². The van der Waals surface area contributed by atoms with Gasteiger partial charge in [-0.1, -0.05) is 0 Å². The molecule has 4 rings (SSSR count). The molecule has 0 amide bonds. The lowest BCUT2D eigenvalue weighted by molar-refractivity contribution is 0.112. The van der Waals surface area contributed by atoms with Gasteiger partial charge < -0.3 is 14.2 Å². The number of aromatic nitrogens is 1. The zero-order chi connectivity index (χ0) is 17.7. The number of carbonyl (C=O) groups is 1. The van der Waals surface area contributed by atoms with Gasteiger partial charge in [-0.3, -0.25) is 4.79 Å². The molecule has 0 bridgehead atoms. The summed E-state index contributed by atoms with van der Waals surface area (Å²) >= 11 is 0. The van der Waals surface area contributed by atoms with E-state index in [0.717, 1.165) is 44.3 Å². The van der Waals surface area contributed by atoms with Crippen LogP contribution in [0.3, 0.4) is 0 Å². The molecule has 0 unspecified atom stereocenters. The Labute approximate surface area is 159 Å². The molecule has 0 spiro atoms. The van der Waals surface area contributed by atoms with Gasteiger partial charge >= 0.3 is 0 Å². The Balaban J connectivity index is 0.00000196. The van der Waals surface area contributed by atoms with E-state index in [-0.39, 0.29) is 12.4 Å². The molecule has 0 N–H and O–H groups in total. The van der Waals surface area contributed by atoms with Crippen molar-refractivity contribution in [3.63, 3.8) is 0 Å². The molecule has 1 aromatic carbocycles. The molecular weight excluding hydrogens is 352 g/mol. The molecule has 1 saturated carbocycles. The van der Waals surface area contributed by atoms with Crippen LogP contribution in [-0.2, 0) is 0 Å². The number of hydrogen-bond donors (Lipinski definition) is 0. The minimum absolute atomic E-state index is 0. The number of likely N-dealkylation sites (N-methyl/N-ethyl adjacent to an activating group) is 1. The number of hydrogen-bond acceptors (Lipinski definition) is 6. The van der Waals surface area contributed by atoms with Crippen molar-refractivity contribution >= 4 is 35.5 Å². The van der Waals surface area contributed by atoms with Gasteiger partial charge in [-0.05, 0) is 45.8 Å². The first-order chi connectivity index (χ1) is 12.0. The number of nitriles is 1. The predicted molar refractivity (Wildman–Crippen MR) is 102 cm³/mol. The highest BCUT2D eigenvalue weighted by Crippen LogP contribution is 2.44. The molecular formula is C19H23ClN4O2. The molecule has 1 aliphatic heterocycles. The van der Waals surface area contributed by atoms with Gasteiger partial charge in [0.15, 0.2) is 17.8 Å². The summed E-state index contributed by atoms with van der Waals surface area (Å²) in [5.74, 6) is 1.07. The maximum absolute atomic E-state index is 11.9. The minimum atomic E-state index is 0. The first kappa shape index (κ1) is 18.7. The fraction of sp³-hybridized carbons (Fsp3) is 0.526. The van der Waals surface area contributed by atoms with Crippen LogP contribution in [0.5, 0.6) is 0 Å². The largest absolute Gasteiger partial charge is 0.438 e. The number of aldehydes is 1. The summed E-state index contributed by atoms with van der Waals surface area (Å²) in [6, 6.07) is 2.66. The van der Waals surface area contributed by atoms with Crippen LogP contribution < -0.4 is 4.90 Å². The summed E-state index contributed by atoms with van der Waals surface area (Å²) in [6.45, 7) is 3.54. The Bertz CT molecular complexity index is 895. The molecule has 26 heavy (non-hydrogen) atoms. The first-order valence-corrected chi connectivity index (χ1v) is 8.78. The van der Waals surface area contributed by atoms with Crippen molar-refractivity contribution in [1.82, 2.24) is 9.88 Å². The summed E-state index contributed by atoms with van der Waals surface area (Å²) in [5, 5.41) is 9.60. The molecule has 6 nitrogen and oxygen atoms in total. The second-order valence-corrected chi connectivity index (χ2v) is 7.35. The minimum Gasteiger partial charge on any atom is -0.438 e. The van der Waals surface area contributed by atoms with Crippen LogP contribution in [0.1, 0.15) is 52.6 Å². The maximum atomic E-state index is 11.9. The topological polar surface area (TPSA) is 73.4 Å². The van der Waals surface area contributed by atoms with E-state index >= 15 is 0 Å². The Kier molecular flexibility index (Phi) is 4.96. The zero-order valence-corrected chi connectivity index (χ0v) is 16.1. The third kappa shape index (κ3) is 2.85. The number of oxazole rings is 1. The van der Waals surface area contributed by atoms with E-state index in [4.69, 9.17) is 4.42 Å². The van der Waals surface area contributed by atoms with Gasteiger partial charge in [0.25, 0.3) is 0 Å². The molecule has 0 radical (unpaired) electrons. The van der Waals surface area contributed by atoms with Crippen molar-refractivity contribution < 1.29 is 9.21 Å². The fourth-order valence-corrected chi connectivity index (χ4v) is 3.75. The summed E-state index contributed by atoms with van der Waals surface area (Å²) in [5.41, 5.74) is 3.73. The highest BCUT2D eigenvalue weighted by atomic mass is 35.5. The van der Waals surface area contributed by atoms with E-state index in [2.05, 4.69) is 34.9 Å². The number of nitrogens with zero attached hydrogens (tertiary/aromatic N) is 4. The van der Waals surface area contributed by atoms with Crippen molar-refractivity contribution in [1.29, 1.82) is 5.26 Å². The molecule has 2 fully saturated rings. The first-order valence-electron chi connectivity index (χ1n) is 8.78. The number of fused-ring (bicyclic) bond motifs is 1. The lowest BCUT2D eigenvalue weighted by Crippen LogP contribution is -2.32. The van der Waals surface area contributed by atoms with Gasteiger partial charge in [-0.15, -0.1) is 12.4 Å². The number of benzene rings is 1. The van der Waals surface area contributed by atoms with Gasteiger partial charge in [0.2, 0.25) is 0 Å². The van der Waals surface area contributed by atoms with E-state index in [1.54, 1.807) is 0 Å². The van der Waals surface area contributed by atoms with Crippen molar-refractivity contribution in [2.24, 2.45) is 0 Å². The van der Waals surface area contributed by atoms with E-state index in [1.165, 1.54) is 0 Å². The van der Waals surface area contributed by atoms with Crippen LogP contribution in [0.25, 0.3) is 11.1 Å². The van der Waals surface area contributed by atoms with E-state index in [1.807, 2.05) is 6.92 Å². The SMILES string of the molecule is Cc1c(C=O)c(N2CC[C@H](N(C)C)C2)c2oc(C3CC3)nc2c1C#N.Cl. The normalized spacial score (nSPS) is 19.7. The second-order valence-electron chi connectivity index (χ2n) is 7.35. The average Bonchev–Trinajstić information content (AvgIpc) is 3.16. The van der Waals surface area contributed by atoms with Crippen molar-refractivity contribution in [2.45, 2.75) is 38.1 Å². The van der Waals surface area contributed by atoms with Gasteiger partial charge in [0, 0.05) is 30.6 Å². The van der Waals surface area contributed by atoms with Crippen LogP contribution in [0.15, 0.2) is 4.42 Å². The van der Waals surface area contributed by atoms with Crippen molar-refractivity contribution in [3.05, 3.63) is 22.6 Å². The van der Waals surface area contributed by atoms with Crippen molar-refractivity contribution in [2.75, 3.05) is 32.1 Å². The number of rotatable bonds is 4. The van der Waals surface area contributed by atoms with Gasteiger partial charge in [-0.25, -0.2) is 4.98 Å². The molecule has 138 valence electrons. The molecule has 2 aromatic rings. The highest BCUT2D eigenvalue weighted by Gasteiger charge is 2.34. The highest BCUT2D eigenvalue weighted by molar-refractivity contribution is 6.03. The van der Waals surface area contributed by atoms with Crippen LogP contribution in [0.2, 0.25) is 0 Å². The van der Waals surface area contributed by atoms with Crippen LogP contribution in [0, 0.1) is 18.3 Å². The number of halogens is 1. The lowest BCUT2D eigenvalue weighted by Gasteiger charge is -2.24. The van der Waals surface area contributed by atoms with Crippen molar-refractivity contribution in [3.8, 4) is 6.07 Å². The molecule has 2 aliphatic rings. The molecule has 1 aliphatic carbocycles. The summed E-state index contributed by atoms with van der Waals surface area (Å²) in [6.07, 6.45) is 4.05. The quantitative estimate of drug-likeness (QED) is 0.765. The smallest absolute Gasteiger partial charge is 0.198 e. The summed E-state index contributed by atoms with van der Waals surface area (Å²) in [4.78, 5) is 20.9. The maximum Gasteiger partial charge on any atom is 0.198 e. The van der Waals surface area contributed by atoms with Crippen LogP contribution >= 0.6 is 12.4 Å². The molecule has 1 saturated heterocycles. The Morgan fingerprint density at radius 2 is 2.08 bits per heavy atom. The summed E-state index contributed by atoms with van der Waals surface area (Å²) < 4.78 is 6.09. The third-order valence-corrected chi connectivity index (χ3v) is 5.50. The fourth-order valence-electron chi connectivity index (χ4n) is 3.75. The Morgan fingerprint density at radius 1 is 1.35 bits per heavy atom. The molecule has 7 heteroatoms. The summed E-state index contributed by atoms with van der Waals surface area (Å²) in [7, 11) is 4.15. The zero-order valence-electron chi connectivity index (χ0n) is 15.3. The average molecular weight is 375 g/mol. The Hall–Kier alpha value is -2.10. The number of carbonyl (C=O) groups excluding carboxylic acids is 1. The predicted octanol–water partition coefficient (Wildman–Crippen LogP) is 3.26. The third-order valence-electron chi connectivity index (χ3n) is 5.50. The van der Waals surface area contributed by atoms with Gasteiger partial charge in [0.1, 0.15) is 11.6 Å². The second kappa shape index (κ2) is 6.90. The van der Waals surface area contributed by atoms with E-state index < -0.39 is 0 Å². The van der Waals surface area contributed by atoms with Gasteiger partial charge in [0.05, 0.1) is 11.3 Å². The van der Waals surface area contributed by atoms with E-state index in [9.17, 15) is 10.1 Å². The monoisotopic (exact) mass is 374 g/mol.